The Hall–Kier alpha value is -1.18. The normalized spacial score (nSPS) is 21.8. The molecule has 2 heteroatoms. The number of rotatable bonds is 5. The van der Waals surface area contributed by atoms with Crippen molar-refractivity contribution >= 4 is 5.69 Å². The lowest BCUT2D eigenvalue weighted by Crippen LogP contribution is -2.17. The fraction of sp³-hybridized carbons (Fsp3) is 0.625. The van der Waals surface area contributed by atoms with Crippen molar-refractivity contribution in [3.8, 4) is 5.75 Å². The monoisotopic (exact) mass is 247 g/mol. The SMILES string of the molecule is CCCOc1ccc(NC2CCC(C)(C)C2)cc1. The van der Waals surface area contributed by atoms with E-state index >= 15 is 0 Å². The predicted octanol–water partition coefficient (Wildman–Crippen LogP) is 4.47. The van der Waals surface area contributed by atoms with E-state index in [9.17, 15) is 0 Å². The van der Waals surface area contributed by atoms with Crippen LogP contribution in [0.15, 0.2) is 24.3 Å². The van der Waals surface area contributed by atoms with Gasteiger partial charge in [-0.2, -0.15) is 0 Å². The highest BCUT2D eigenvalue weighted by Crippen LogP contribution is 2.38. The van der Waals surface area contributed by atoms with Crippen molar-refractivity contribution in [2.24, 2.45) is 5.41 Å². The molecule has 1 aliphatic rings. The predicted molar refractivity (Wildman–Crippen MR) is 77.3 cm³/mol. The fourth-order valence-electron chi connectivity index (χ4n) is 2.66. The zero-order chi connectivity index (χ0) is 13.0. The molecule has 18 heavy (non-hydrogen) atoms. The van der Waals surface area contributed by atoms with Crippen molar-refractivity contribution in [2.45, 2.75) is 52.5 Å². The largest absolute Gasteiger partial charge is 0.494 e. The van der Waals surface area contributed by atoms with E-state index in [-0.39, 0.29) is 0 Å². The minimum atomic E-state index is 0.502. The molecule has 1 aromatic carbocycles. The summed E-state index contributed by atoms with van der Waals surface area (Å²) in [7, 11) is 0. The molecule has 1 aliphatic carbocycles. The summed E-state index contributed by atoms with van der Waals surface area (Å²) in [5.41, 5.74) is 1.71. The van der Waals surface area contributed by atoms with Crippen LogP contribution in [0.4, 0.5) is 5.69 Å². The molecular formula is C16H25NO. The Morgan fingerprint density at radius 1 is 1.28 bits per heavy atom. The van der Waals surface area contributed by atoms with E-state index in [2.05, 4.69) is 50.4 Å². The number of ether oxygens (including phenoxy) is 1. The molecule has 0 bridgehead atoms. The Morgan fingerprint density at radius 3 is 2.56 bits per heavy atom. The quantitative estimate of drug-likeness (QED) is 0.829. The highest BCUT2D eigenvalue weighted by molar-refractivity contribution is 5.47. The Kier molecular flexibility index (Phi) is 4.15. The van der Waals surface area contributed by atoms with Gasteiger partial charge in [0, 0.05) is 11.7 Å². The third-order valence-corrected chi connectivity index (χ3v) is 3.67. The molecule has 0 heterocycles. The first-order chi connectivity index (χ1) is 8.59. The van der Waals surface area contributed by atoms with Crippen LogP contribution < -0.4 is 10.1 Å². The summed E-state index contributed by atoms with van der Waals surface area (Å²) in [5.74, 6) is 0.967. The zero-order valence-corrected chi connectivity index (χ0v) is 11.8. The van der Waals surface area contributed by atoms with Crippen LogP contribution in [0.2, 0.25) is 0 Å². The first-order valence-corrected chi connectivity index (χ1v) is 7.08. The Balaban J connectivity index is 1.87. The van der Waals surface area contributed by atoms with E-state index in [0.29, 0.717) is 11.5 Å². The second kappa shape index (κ2) is 5.64. The minimum Gasteiger partial charge on any atom is -0.494 e. The summed E-state index contributed by atoms with van der Waals surface area (Å²) < 4.78 is 5.59. The molecule has 1 unspecified atom stereocenters. The molecule has 0 saturated heterocycles. The van der Waals surface area contributed by atoms with Crippen molar-refractivity contribution in [3.63, 3.8) is 0 Å². The van der Waals surface area contributed by atoms with Gasteiger partial charge in [0.15, 0.2) is 0 Å². The molecule has 0 aliphatic heterocycles. The average molecular weight is 247 g/mol. The molecule has 0 amide bonds. The van der Waals surface area contributed by atoms with Crippen molar-refractivity contribution < 1.29 is 4.74 Å². The zero-order valence-electron chi connectivity index (χ0n) is 11.8. The topological polar surface area (TPSA) is 21.3 Å². The summed E-state index contributed by atoms with van der Waals surface area (Å²) in [6.45, 7) is 7.63. The van der Waals surface area contributed by atoms with E-state index in [0.717, 1.165) is 18.8 Å². The summed E-state index contributed by atoms with van der Waals surface area (Å²) in [5, 5.41) is 3.62. The molecule has 1 fully saturated rings. The Bertz CT molecular complexity index is 369. The lowest BCUT2D eigenvalue weighted by molar-refractivity contribution is 0.317. The third-order valence-electron chi connectivity index (χ3n) is 3.67. The first-order valence-electron chi connectivity index (χ1n) is 7.08. The molecule has 1 saturated carbocycles. The van der Waals surface area contributed by atoms with Gasteiger partial charge in [0.1, 0.15) is 5.75 Å². The van der Waals surface area contributed by atoms with E-state index in [1.54, 1.807) is 0 Å². The van der Waals surface area contributed by atoms with Gasteiger partial charge in [0.05, 0.1) is 6.61 Å². The fourth-order valence-corrected chi connectivity index (χ4v) is 2.66. The summed E-state index contributed by atoms with van der Waals surface area (Å²) in [4.78, 5) is 0. The van der Waals surface area contributed by atoms with Crippen LogP contribution in [0.5, 0.6) is 5.75 Å². The molecule has 0 spiro atoms. The Morgan fingerprint density at radius 2 is 2.00 bits per heavy atom. The molecule has 1 atom stereocenters. The van der Waals surface area contributed by atoms with Crippen LogP contribution in [0, 0.1) is 5.41 Å². The van der Waals surface area contributed by atoms with Crippen LogP contribution in [0.25, 0.3) is 0 Å². The lowest BCUT2D eigenvalue weighted by atomic mass is 9.92. The average Bonchev–Trinajstić information content (AvgIpc) is 2.68. The summed E-state index contributed by atoms with van der Waals surface area (Å²) >= 11 is 0. The van der Waals surface area contributed by atoms with Gasteiger partial charge in [0.25, 0.3) is 0 Å². The highest BCUT2D eigenvalue weighted by Gasteiger charge is 2.30. The smallest absolute Gasteiger partial charge is 0.119 e. The van der Waals surface area contributed by atoms with Crippen molar-refractivity contribution in [1.29, 1.82) is 0 Å². The first kappa shape index (κ1) is 13.3. The highest BCUT2D eigenvalue weighted by atomic mass is 16.5. The number of benzene rings is 1. The van der Waals surface area contributed by atoms with Crippen LogP contribution >= 0.6 is 0 Å². The molecule has 2 nitrogen and oxygen atoms in total. The van der Waals surface area contributed by atoms with Crippen LogP contribution in [0.1, 0.15) is 46.5 Å². The second-order valence-corrected chi connectivity index (χ2v) is 6.12. The standard InChI is InChI=1S/C16H25NO/c1-4-11-18-15-7-5-13(6-8-15)17-14-9-10-16(2,3)12-14/h5-8,14,17H,4,9-12H2,1-3H3. The van der Waals surface area contributed by atoms with Gasteiger partial charge in [-0.15, -0.1) is 0 Å². The van der Waals surface area contributed by atoms with Gasteiger partial charge in [-0.25, -0.2) is 0 Å². The molecule has 100 valence electrons. The second-order valence-electron chi connectivity index (χ2n) is 6.12. The van der Waals surface area contributed by atoms with Gasteiger partial charge in [-0.3, -0.25) is 0 Å². The number of nitrogens with one attached hydrogen (secondary N) is 1. The maximum absolute atomic E-state index is 5.59. The van der Waals surface area contributed by atoms with Gasteiger partial charge in [0.2, 0.25) is 0 Å². The Labute approximate surface area is 111 Å². The van der Waals surface area contributed by atoms with Crippen molar-refractivity contribution in [3.05, 3.63) is 24.3 Å². The van der Waals surface area contributed by atoms with Crippen molar-refractivity contribution in [2.75, 3.05) is 11.9 Å². The summed E-state index contributed by atoms with van der Waals surface area (Å²) in [6.07, 6.45) is 4.92. The van der Waals surface area contributed by atoms with Crippen molar-refractivity contribution in [1.82, 2.24) is 0 Å². The maximum Gasteiger partial charge on any atom is 0.119 e. The molecular weight excluding hydrogens is 222 g/mol. The van der Waals surface area contributed by atoms with E-state index < -0.39 is 0 Å². The minimum absolute atomic E-state index is 0.502. The molecule has 0 aromatic heterocycles. The van der Waals surface area contributed by atoms with Gasteiger partial charge in [-0.05, 0) is 55.4 Å². The molecule has 0 radical (unpaired) electrons. The number of anilines is 1. The number of hydrogen-bond acceptors (Lipinski definition) is 2. The van der Waals surface area contributed by atoms with Crippen LogP contribution in [-0.2, 0) is 0 Å². The third kappa shape index (κ3) is 3.66. The maximum atomic E-state index is 5.59. The van der Waals surface area contributed by atoms with Crippen LogP contribution in [0.3, 0.4) is 0 Å². The summed E-state index contributed by atoms with van der Waals surface area (Å²) in [6, 6.07) is 8.98. The lowest BCUT2D eigenvalue weighted by Gasteiger charge is -2.18. The van der Waals surface area contributed by atoms with E-state index in [1.807, 2.05) is 0 Å². The van der Waals surface area contributed by atoms with Gasteiger partial charge >= 0.3 is 0 Å². The van der Waals surface area contributed by atoms with Crippen LogP contribution in [-0.4, -0.2) is 12.6 Å². The van der Waals surface area contributed by atoms with E-state index in [1.165, 1.54) is 24.9 Å². The van der Waals surface area contributed by atoms with Gasteiger partial charge < -0.3 is 10.1 Å². The molecule has 1 N–H and O–H groups in total. The number of hydrogen-bond donors (Lipinski definition) is 1. The molecule has 1 aromatic rings. The molecule has 2 rings (SSSR count). The van der Waals surface area contributed by atoms with Gasteiger partial charge in [-0.1, -0.05) is 20.8 Å². The van der Waals surface area contributed by atoms with E-state index in [4.69, 9.17) is 4.74 Å².